The molecule has 1 saturated heterocycles. The van der Waals surface area contributed by atoms with E-state index in [1.54, 1.807) is 18.2 Å². The lowest BCUT2D eigenvalue weighted by Crippen LogP contribution is -2.44. The predicted molar refractivity (Wildman–Crippen MR) is 141 cm³/mol. The number of H-pyrrole nitrogens is 1. The summed E-state index contributed by atoms with van der Waals surface area (Å²) in [6, 6.07) is 20.6. The van der Waals surface area contributed by atoms with Crippen molar-refractivity contribution in [2.45, 2.75) is 6.42 Å². The van der Waals surface area contributed by atoms with Crippen LogP contribution in [-0.2, 0) is 11.2 Å². The summed E-state index contributed by atoms with van der Waals surface area (Å²) in [7, 11) is 2.11. The van der Waals surface area contributed by atoms with Gasteiger partial charge in [0.25, 0.3) is 5.56 Å². The van der Waals surface area contributed by atoms with E-state index < -0.39 is 0 Å². The maximum Gasteiger partial charge on any atom is 0.272 e. The minimum atomic E-state index is -0.227. The molecule has 1 aliphatic rings. The fourth-order valence-electron chi connectivity index (χ4n) is 4.42. The number of nitrogens with one attached hydrogen (secondary N) is 2. The van der Waals surface area contributed by atoms with Crippen molar-refractivity contribution in [2.75, 3.05) is 43.4 Å². The molecule has 0 aliphatic carbocycles. The molecule has 1 aromatic heterocycles. The fraction of sp³-hybridized carbons (Fsp3) is 0.222. The second-order valence-electron chi connectivity index (χ2n) is 8.82. The summed E-state index contributed by atoms with van der Waals surface area (Å²) >= 11 is 5.98. The number of aromatic amines is 1. The number of benzene rings is 3. The van der Waals surface area contributed by atoms with Crippen molar-refractivity contribution in [1.82, 2.24) is 15.1 Å². The van der Waals surface area contributed by atoms with Crippen molar-refractivity contribution in [2.24, 2.45) is 0 Å². The van der Waals surface area contributed by atoms with Gasteiger partial charge < -0.3 is 15.1 Å². The van der Waals surface area contributed by atoms with Gasteiger partial charge in [-0.25, -0.2) is 5.10 Å². The first-order valence-corrected chi connectivity index (χ1v) is 12.0. The molecule has 0 saturated carbocycles. The Morgan fingerprint density at radius 2 is 1.71 bits per heavy atom. The molecule has 0 atom stereocenters. The van der Waals surface area contributed by atoms with Gasteiger partial charge in [0.05, 0.1) is 28.9 Å². The molecule has 178 valence electrons. The van der Waals surface area contributed by atoms with Crippen LogP contribution in [0, 0.1) is 0 Å². The third-order valence-corrected chi connectivity index (χ3v) is 6.61. The molecule has 5 rings (SSSR count). The van der Waals surface area contributed by atoms with Crippen LogP contribution >= 0.6 is 11.6 Å². The highest BCUT2D eigenvalue weighted by molar-refractivity contribution is 6.30. The monoisotopic (exact) mass is 487 g/mol. The van der Waals surface area contributed by atoms with Gasteiger partial charge in [-0.2, -0.15) is 5.10 Å². The van der Waals surface area contributed by atoms with Gasteiger partial charge in [0.1, 0.15) is 0 Å². The number of carbonyl (C=O) groups is 1. The third-order valence-electron chi connectivity index (χ3n) is 6.36. The first-order valence-electron chi connectivity index (χ1n) is 11.6. The van der Waals surface area contributed by atoms with Crippen LogP contribution in [0.3, 0.4) is 0 Å². The standard InChI is InChI=1S/C27H26ClN5O2/c1-32-12-14-33(15-13-32)24-11-8-19(26-21-4-2-3-5-22(21)27(35)31-30-26)17-23(24)29-25(34)16-18-6-9-20(28)10-7-18/h2-11,17H,12-16H2,1H3,(H,29,34)(H,31,35). The van der Waals surface area contributed by atoms with Gasteiger partial charge >= 0.3 is 0 Å². The van der Waals surface area contributed by atoms with Crippen LogP contribution in [-0.4, -0.2) is 54.2 Å². The zero-order chi connectivity index (χ0) is 24.4. The van der Waals surface area contributed by atoms with Crippen LogP contribution in [0.2, 0.25) is 5.02 Å². The maximum absolute atomic E-state index is 13.0. The summed E-state index contributed by atoms with van der Waals surface area (Å²) < 4.78 is 0. The van der Waals surface area contributed by atoms with E-state index in [9.17, 15) is 9.59 Å². The number of amides is 1. The summed E-state index contributed by atoms with van der Waals surface area (Å²) in [5, 5.41) is 12.1. The van der Waals surface area contributed by atoms with Gasteiger partial charge in [-0.1, -0.05) is 48.0 Å². The van der Waals surface area contributed by atoms with E-state index in [1.807, 2.05) is 48.5 Å². The van der Waals surface area contributed by atoms with Crippen molar-refractivity contribution < 1.29 is 4.79 Å². The minimum Gasteiger partial charge on any atom is -0.367 e. The van der Waals surface area contributed by atoms with Crippen molar-refractivity contribution in [3.05, 3.63) is 87.7 Å². The molecular weight excluding hydrogens is 462 g/mol. The van der Waals surface area contributed by atoms with Gasteiger partial charge in [0, 0.05) is 42.2 Å². The molecule has 2 heterocycles. The first-order chi connectivity index (χ1) is 17.0. The first kappa shape index (κ1) is 23.1. The summed E-state index contributed by atoms with van der Waals surface area (Å²) in [5.74, 6) is -0.112. The number of fused-ring (bicyclic) bond motifs is 1. The molecule has 2 N–H and O–H groups in total. The van der Waals surface area contributed by atoms with Crippen LogP contribution in [0.15, 0.2) is 71.5 Å². The number of aromatic nitrogens is 2. The summed E-state index contributed by atoms with van der Waals surface area (Å²) in [6.45, 7) is 3.64. The maximum atomic E-state index is 13.0. The molecule has 3 aromatic carbocycles. The van der Waals surface area contributed by atoms with Crippen LogP contribution in [0.25, 0.3) is 22.0 Å². The lowest BCUT2D eigenvalue weighted by molar-refractivity contribution is -0.115. The quantitative estimate of drug-likeness (QED) is 0.441. The number of rotatable bonds is 5. The van der Waals surface area contributed by atoms with Crippen molar-refractivity contribution >= 4 is 39.7 Å². The Morgan fingerprint density at radius 1 is 1.00 bits per heavy atom. The van der Waals surface area contributed by atoms with Gasteiger partial charge in [-0.05, 0) is 42.9 Å². The number of hydrogen-bond donors (Lipinski definition) is 2. The Morgan fingerprint density at radius 3 is 2.46 bits per heavy atom. The number of carbonyl (C=O) groups excluding carboxylic acids is 1. The average molecular weight is 488 g/mol. The number of halogens is 1. The normalized spacial score (nSPS) is 14.3. The number of piperazine rings is 1. The average Bonchev–Trinajstić information content (AvgIpc) is 2.86. The Hall–Kier alpha value is -3.68. The lowest BCUT2D eigenvalue weighted by atomic mass is 10.0. The fourth-order valence-corrected chi connectivity index (χ4v) is 4.55. The van der Waals surface area contributed by atoms with E-state index in [2.05, 4.69) is 32.4 Å². The van der Waals surface area contributed by atoms with Crippen LogP contribution in [0.5, 0.6) is 0 Å². The Bertz CT molecular complexity index is 1430. The van der Waals surface area contributed by atoms with E-state index in [-0.39, 0.29) is 17.9 Å². The predicted octanol–water partition coefficient (Wildman–Crippen LogP) is 4.18. The second kappa shape index (κ2) is 9.90. The Labute approximate surface area is 208 Å². The van der Waals surface area contributed by atoms with E-state index in [0.717, 1.165) is 54.1 Å². The summed E-state index contributed by atoms with van der Waals surface area (Å²) in [4.78, 5) is 29.9. The van der Waals surface area contributed by atoms with Gasteiger partial charge in [-0.3, -0.25) is 9.59 Å². The van der Waals surface area contributed by atoms with Crippen molar-refractivity contribution in [3.63, 3.8) is 0 Å². The van der Waals surface area contributed by atoms with Crippen molar-refractivity contribution in [3.8, 4) is 11.3 Å². The molecule has 35 heavy (non-hydrogen) atoms. The molecule has 1 amide bonds. The number of likely N-dealkylation sites (N-methyl/N-ethyl adjacent to an activating group) is 1. The zero-order valence-corrected chi connectivity index (χ0v) is 20.2. The zero-order valence-electron chi connectivity index (χ0n) is 19.4. The molecule has 7 nitrogen and oxygen atoms in total. The van der Waals surface area contributed by atoms with E-state index in [4.69, 9.17) is 11.6 Å². The van der Waals surface area contributed by atoms with Crippen LogP contribution in [0.1, 0.15) is 5.56 Å². The molecular formula is C27H26ClN5O2. The highest BCUT2D eigenvalue weighted by Crippen LogP contribution is 2.33. The van der Waals surface area contributed by atoms with Crippen LogP contribution in [0.4, 0.5) is 11.4 Å². The largest absolute Gasteiger partial charge is 0.367 e. The Balaban J connectivity index is 1.52. The third kappa shape index (κ3) is 5.06. The molecule has 0 radical (unpaired) electrons. The molecule has 0 spiro atoms. The highest BCUT2D eigenvalue weighted by Gasteiger charge is 2.20. The van der Waals surface area contributed by atoms with Gasteiger partial charge in [0.2, 0.25) is 5.91 Å². The number of hydrogen-bond acceptors (Lipinski definition) is 5. The molecule has 1 aliphatic heterocycles. The summed E-state index contributed by atoms with van der Waals surface area (Å²) in [5.41, 5.74) is 3.84. The van der Waals surface area contributed by atoms with Crippen LogP contribution < -0.4 is 15.8 Å². The van der Waals surface area contributed by atoms with Crippen molar-refractivity contribution in [1.29, 1.82) is 0 Å². The van der Waals surface area contributed by atoms with E-state index >= 15 is 0 Å². The van der Waals surface area contributed by atoms with E-state index in [0.29, 0.717) is 16.1 Å². The molecule has 1 fully saturated rings. The second-order valence-corrected chi connectivity index (χ2v) is 9.26. The Kier molecular flexibility index (Phi) is 6.53. The molecule has 0 bridgehead atoms. The molecule has 4 aromatic rings. The van der Waals surface area contributed by atoms with Gasteiger partial charge in [0.15, 0.2) is 0 Å². The summed E-state index contributed by atoms with van der Waals surface area (Å²) in [6.07, 6.45) is 0.239. The lowest BCUT2D eigenvalue weighted by Gasteiger charge is -2.35. The molecule has 0 unspecified atom stereocenters. The minimum absolute atomic E-state index is 0.112. The highest BCUT2D eigenvalue weighted by atomic mass is 35.5. The molecule has 8 heteroatoms. The topological polar surface area (TPSA) is 81.3 Å². The smallest absolute Gasteiger partial charge is 0.272 e. The van der Waals surface area contributed by atoms with E-state index in [1.165, 1.54) is 0 Å². The SMILES string of the molecule is CN1CCN(c2ccc(-c3n[nH]c(=O)c4ccccc34)cc2NC(=O)Cc2ccc(Cl)cc2)CC1. The van der Waals surface area contributed by atoms with Gasteiger partial charge in [-0.15, -0.1) is 0 Å². The number of anilines is 2. The number of nitrogens with zero attached hydrogens (tertiary/aromatic N) is 3.